The molecule has 0 bridgehead atoms. The Kier molecular flexibility index (Phi) is 6.23. The Bertz CT molecular complexity index is 910. The number of carbonyl (C=O) groups excluding carboxylic acids is 1. The molecule has 0 aliphatic heterocycles. The predicted octanol–water partition coefficient (Wildman–Crippen LogP) is 2.56. The minimum Gasteiger partial charge on any atom is -0.495 e. The molecule has 0 saturated carbocycles. The lowest BCUT2D eigenvalue weighted by Crippen LogP contribution is -2.24. The lowest BCUT2D eigenvalue weighted by molar-refractivity contribution is 0.102. The third-order valence-corrected chi connectivity index (χ3v) is 5.22. The smallest absolute Gasteiger partial charge is 0.255 e. The first-order chi connectivity index (χ1) is 12.3. The quantitative estimate of drug-likeness (QED) is 0.772. The lowest BCUT2D eigenvalue weighted by Gasteiger charge is -2.13. The zero-order valence-electron chi connectivity index (χ0n) is 15.1. The van der Waals surface area contributed by atoms with Gasteiger partial charge in [0.2, 0.25) is 10.0 Å². The molecule has 26 heavy (non-hydrogen) atoms. The molecule has 0 saturated heterocycles. The van der Waals surface area contributed by atoms with Gasteiger partial charge >= 0.3 is 0 Å². The van der Waals surface area contributed by atoms with Crippen LogP contribution in [0.15, 0.2) is 41.3 Å². The van der Waals surface area contributed by atoms with Gasteiger partial charge < -0.3 is 14.8 Å². The van der Waals surface area contributed by atoms with E-state index in [1.807, 2.05) is 13.0 Å². The van der Waals surface area contributed by atoms with Gasteiger partial charge in [0.1, 0.15) is 16.4 Å². The molecule has 2 rings (SSSR count). The third kappa shape index (κ3) is 4.33. The van der Waals surface area contributed by atoms with Crippen LogP contribution < -0.4 is 19.5 Å². The second-order valence-electron chi connectivity index (χ2n) is 5.52. The highest BCUT2D eigenvalue weighted by atomic mass is 32.2. The van der Waals surface area contributed by atoms with Crippen molar-refractivity contribution in [3.8, 4) is 11.5 Å². The zero-order valence-corrected chi connectivity index (χ0v) is 15.9. The maximum atomic E-state index is 12.6. The number of rotatable bonds is 7. The molecule has 0 spiro atoms. The van der Waals surface area contributed by atoms with E-state index in [4.69, 9.17) is 9.47 Å². The molecule has 0 unspecified atom stereocenters. The standard InChI is InChI=1S/C18H22N2O5S/c1-5-19-26(22,23)17-11-13(7-9-16(17)25-4)18(21)20-14-10-12(2)6-8-15(14)24-3/h6-11,19H,5H2,1-4H3,(H,20,21). The second kappa shape index (κ2) is 8.20. The predicted molar refractivity (Wildman–Crippen MR) is 99.5 cm³/mol. The van der Waals surface area contributed by atoms with E-state index in [1.54, 1.807) is 19.1 Å². The van der Waals surface area contributed by atoms with E-state index < -0.39 is 15.9 Å². The summed E-state index contributed by atoms with van der Waals surface area (Å²) in [6.45, 7) is 3.79. The second-order valence-corrected chi connectivity index (χ2v) is 7.26. The van der Waals surface area contributed by atoms with Gasteiger partial charge in [-0.2, -0.15) is 0 Å². The number of methoxy groups -OCH3 is 2. The van der Waals surface area contributed by atoms with Gasteiger partial charge in [-0.3, -0.25) is 4.79 Å². The Morgan fingerprint density at radius 1 is 1.04 bits per heavy atom. The highest BCUT2D eigenvalue weighted by molar-refractivity contribution is 7.89. The SMILES string of the molecule is CCNS(=O)(=O)c1cc(C(=O)Nc2cc(C)ccc2OC)ccc1OC. The van der Waals surface area contributed by atoms with Crippen molar-refractivity contribution >= 4 is 21.6 Å². The van der Waals surface area contributed by atoms with Crippen LogP contribution in [0.1, 0.15) is 22.8 Å². The molecule has 0 aliphatic rings. The summed E-state index contributed by atoms with van der Waals surface area (Å²) in [6, 6.07) is 9.63. The summed E-state index contributed by atoms with van der Waals surface area (Å²) in [6.07, 6.45) is 0. The van der Waals surface area contributed by atoms with Crippen LogP contribution >= 0.6 is 0 Å². The molecule has 2 N–H and O–H groups in total. The number of amides is 1. The summed E-state index contributed by atoms with van der Waals surface area (Å²) < 4.78 is 37.4. The molecule has 0 radical (unpaired) electrons. The maximum Gasteiger partial charge on any atom is 0.255 e. The Morgan fingerprint density at radius 3 is 2.31 bits per heavy atom. The van der Waals surface area contributed by atoms with Gasteiger partial charge in [-0.05, 0) is 42.8 Å². The highest BCUT2D eigenvalue weighted by Crippen LogP contribution is 2.28. The van der Waals surface area contributed by atoms with Gasteiger partial charge in [0.25, 0.3) is 5.91 Å². The third-order valence-electron chi connectivity index (χ3n) is 3.65. The topological polar surface area (TPSA) is 93.7 Å². The van der Waals surface area contributed by atoms with Gasteiger partial charge in [-0.1, -0.05) is 13.0 Å². The normalized spacial score (nSPS) is 11.1. The lowest BCUT2D eigenvalue weighted by atomic mass is 10.1. The Labute approximate surface area is 153 Å². The summed E-state index contributed by atoms with van der Waals surface area (Å²) in [5, 5.41) is 2.75. The van der Waals surface area contributed by atoms with Crippen LogP contribution in [0.3, 0.4) is 0 Å². The van der Waals surface area contributed by atoms with Crippen LogP contribution in [0, 0.1) is 6.92 Å². The largest absolute Gasteiger partial charge is 0.495 e. The number of ether oxygens (including phenoxy) is 2. The van der Waals surface area contributed by atoms with E-state index in [0.717, 1.165) is 5.56 Å². The van der Waals surface area contributed by atoms with Crippen molar-refractivity contribution in [2.75, 3.05) is 26.1 Å². The number of sulfonamides is 1. The van der Waals surface area contributed by atoms with Crippen LogP contribution in [0.5, 0.6) is 11.5 Å². The van der Waals surface area contributed by atoms with Crippen LogP contribution in [-0.4, -0.2) is 35.1 Å². The van der Waals surface area contributed by atoms with Crippen molar-refractivity contribution < 1.29 is 22.7 Å². The number of hydrogen-bond donors (Lipinski definition) is 2. The summed E-state index contributed by atoms with van der Waals surface area (Å²) in [5.74, 6) is 0.220. The first kappa shape index (κ1) is 19.7. The van der Waals surface area contributed by atoms with Crippen molar-refractivity contribution in [3.63, 3.8) is 0 Å². The van der Waals surface area contributed by atoms with E-state index in [9.17, 15) is 13.2 Å². The van der Waals surface area contributed by atoms with E-state index in [0.29, 0.717) is 11.4 Å². The first-order valence-electron chi connectivity index (χ1n) is 7.96. The van der Waals surface area contributed by atoms with Crippen molar-refractivity contribution in [2.45, 2.75) is 18.7 Å². The average molecular weight is 378 g/mol. The fraction of sp³-hybridized carbons (Fsp3) is 0.278. The number of hydrogen-bond acceptors (Lipinski definition) is 5. The minimum atomic E-state index is -3.78. The number of carbonyl (C=O) groups is 1. The average Bonchev–Trinajstić information content (AvgIpc) is 2.61. The Hall–Kier alpha value is -2.58. The van der Waals surface area contributed by atoms with Crippen molar-refractivity contribution in [1.29, 1.82) is 0 Å². The maximum absolute atomic E-state index is 12.6. The molecule has 7 nitrogen and oxygen atoms in total. The van der Waals surface area contributed by atoms with Gasteiger partial charge in [0.15, 0.2) is 0 Å². The summed E-state index contributed by atoms with van der Waals surface area (Å²) in [7, 11) is -0.900. The molecule has 0 fully saturated rings. The molecule has 0 atom stereocenters. The van der Waals surface area contributed by atoms with Crippen LogP contribution in [-0.2, 0) is 10.0 Å². The molecule has 0 aliphatic carbocycles. The van der Waals surface area contributed by atoms with E-state index in [-0.39, 0.29) is 22.8 Å². The zero-order chi connectivity index (χ0) is 19.3. The fourth-order valence-corrected chi connectivity index (χ4v) is 3.64. The number of benzene rings is 2. The first-order valence-corrected chi connectivity index (χ1v) is 9.44. The molecule has 1 amide bonds. The number of aryl methyl sites for hydroxylation is 1. The summed E-state index contributed by atoms with van der Waals surface area (Å²) in [4.78, 5) is 12.5. The monoisotopic (exact) mass is 378 g/mol. The molecule has 0 aromatic heterocycles. The van der Waals surface area contributed by atoms with Crippen LogP contribution in [0.25, 0.3) is 0 Å². The summed E-state index contributed by atoms with van der Waals surface area (Å²) in [5.41, 5.74) is 1.64. The van der Waals surface area contributed by atoms with Crippen molar-refractivity contribution in [1.82, 2.24) is 4.72 Å². The van der Waals surface area contributed by atoms with Crippen LogP contribution in [0.2, 0.25) is 0 Å². The Morgan fingerprint density at radius 2 is 1.69 bits per heavy atom. The van der Waals surface area contributed by atoms with Gasteiger partial charge in [0.05, 0.1) is 19.9 Å². The Balaban J connectivity index is 2.40. The fourth-order valence-electron chi connectivity index (χ4n) is 2.41. The van der Waals surface area contributed by atoms with E-state index >= 15 is 0 Å². The molecule has 140 valence electrons. The van der Waals surface area contributed by atoms with E-state index in [1.165, 1.54) is 32.4 Å². The highest BCUT2D eigenvalue weighted by Gasteiger charge is 2.21. The molecule has 2 aromatic carbocycles. The van der Waals surface area contributed by atoms with Gasteiger partial charge in [0, 0.05) is 12.1 Å². The van der Waals surface area contributed by atoms with Gasteiger partial charge in [-0.25, -0.2) is 13.1 Å². The molecule has 8 heteroatoms. The van der Waals surface area contributed by atoms with Gasteiger partial charge in [-0.15, -0.1) is 0 Å². The van der Waals surface area contributed by atoms with Crippen LogP contribution in [0.4, 0.5) is 5.69 Å². The van der Waals surface area contributed by atoms with Crippen molar-refractivity contribution in [3.05, 3.63) is 47.5 Å². The molecule has 0 heterocycles. The summed E-state index contributed by atoms with van der Waals surface area (Å²) >= 11 is 0. The molecular weight excluding hydrogens is 356 g/mol. The molecular formula is C18H22N2O5S. The number of anilines is 1. The van der Waals surface area contributed by atoms with E-state index in [2.05, 4.69) is 10.0 Å². The number of nitrogens with one attached hydrogen (secondary N) is 2. The van der Waals surface area contributed by atoms with Crippen molar-refractivity contribution in [2.24, 2.45) is 0 Å². The molecule has 2 aromatic rings. The minimum absolute atomic E-state index is 0.0919.